The minimum atomic E-state index is -0.302. The van der Waals surface area contributed by atoms with Gasteiger partial charge >= 0.3 is 0 Å². The molecular weight excluding hydrogens is 472 g/mol. The van der Waals surface area contributed by atoms with Crippen molar-refractivity contribution in [1.29, 1.82) is 0 Å². The highest BCUT2D eigenvalue weighted by atomic mass is 32.2. The largest absolute Gasteiger partial charge is 0.495 e. The van der Waals surface area contributed by atoms with Gasteiger partial charge in [-0.15, -0.1) is 0 Å². The molecule has 1 saturated carbocycles. The summed E-state index contributed by atoms with van der Waals surface area (Å²) in [6, 6.07) is 15.0. The van der Waals surface area contributed by atoms with E-state index in [9.17, 15) is 9.59 Å². The van der Waals surface area contributed by atoms with E-state index in [0.717, 1.165) is 60.8 Å². The van der Waals surface area contributed by atoms with Gasteiger partial charge in [-0.3, -0.25) is 9.59 Å². The molecule has 8 heteroatoms. The average molecular weight is 505 g/mol. The van der Waals surface area contributed by atoms with E-state index in [1.807, 2.05) is 55.5 Å². The van der Waals surface area contributed by atoms with E-state index in [4.69, 9.17) is 9.73 Å². The molecule has 1 unspecified atom stereocenters. The Labute approximate surface area is 216 Å². The number of anilines is 2. The van der Waals surface area contributed by atoms with Crippen LogP contribution < -0.4 is 15.4 Å². The van der Waals surface area contributed by atoms with E-state index in [2.05, 4.69) is 15.5 Å². The predicted molar refractivity (Wildman–Crippen MR) is 145 cm³/mol. The average Bonchev–Trinajstić information content (AvgIpc) is 3.44. The van der Waals surface area contributed by atoms with Gasteiger partial charge in [-0.1, -0.05) is 48.9 Å². The number of nitrogens with one attached hydrogen (secondary N) is 2. The van der Waals surface area contributed by atoms with Gasteiger partial charge in [0.25, 0.3) is 5.91 Å². The third-order valence-corrected chi connectivity index (χ3v) is 8.13. The Morgan fingerprint density at radius 2 is 1.86 bits per heavy atom. The minimum absolute atomic E-state index is 0.0879. The van der Waals surface area contributed by atoms with Crippen LogP contribution in [0.3, 0.4) is 0 Å². The summed E-state index contributed by atoms with van der Waals surface area (Å²) in [6.07, 6.45) is 5.15. The van der Waals surface area contributed by atoms with Crippen LogP contribution in [0, 0.1) is 5.92 Å². The number of thioether (sulfide) groups is 1. The number of hydrogen-bond donors (Lipinski definition) is 2. The Bertz CT molecular complexity index is 1220. The molecule has 2 fully saturated rings. The number of aliphatic imine (C=N–C) groups is 1. The molecule has 2 aromatic carbocycles. The van der Waals surface area contributed by atoms with Gasteiger partial charge in [0.05, 0.1) is 30.1 Å². The van der Waals surface area contributed by atoms with Gasteiger partial charge in [-0.05, 0) is 56.0 Å². The molecule has 0 aromatic heterocycles. The lowest BCUT2D eigenvalue weighted by Crippen LogP contribution is -2.43. The van der Waals surface area contributed by atoms with Gasteiger partial charge in [0, 0.05) is 23.9 Å². The number of benzene rings is 2. The molecule has 188 valence electrons. The van der Waals surface area contributed by atoms with Crippen LogP contribution in [0.25, 0.3) is 0 Å². The lowest BCUT2D eigenvalue weighted by atomic mass is 9.93. The number of hydrogen-bond acceptors (Lipinski definition) is 6. The van der Waals surface area contributed by atoms with Gasteiger partial charge in [0.1, 0.15) is 5.75 Å². The first-order chi connectivity index (χ1) is 17.5. The predicted octanol–water partition coefficient (Wildman–Crippen LogP) is 5.59. The van der Waals surface area contributed by atoms with Crippen molar-refractivity contribution in [3.05, 3.63) is 65.4 Å². The molecule has 3 aliphatic rings. The molecule has 36 heavy (non-hydrogen) atoms. The number of rotatable bonds is 6. The number of ether oxygens (including phenoxy) is 1. The van der Waals surface area contributed by atoms with Crippen LogP contribution in [0.2, 0.25) is 0 Å². The highest BCUT2D eigenvalue weighted by Crippen LogP contribution is 2.41. The molecule has 2 heterocycles. The molecule has 1 atom stereocenters. The van der Waals surface area contributed by atoms with Gasteiger partial charge in [-0.2, -0.15) is 0 Å². The Hall–Kier alpha value is -3.26. The highest BCUT2D eigenvalue weighted by molar-refractivity contribution is 8.13. The van der Waals surface area contributed by atoms with Crippen LogP contribution in [0.5, 0.6) is 5.75 Å². The molecule has 0 radical (unpaired) electrons. The summed E-state index contributed by atoms with van der Waals surface area (Å²) < 4.78 is 5.44. The monoisotopic (exact) mass is 504 g/mol. The van der Waals surface area contributed by atoms with Gasteiger partial charge in [0.15, 0.2) is 5.17 Å². The second-order valence-electron chi connectivity index (χ2n) is 9.44. The number of amidine groups is 1. The zero-order valence-electron chi connectivity index (χ0n) is 20.8. The fraction of sp³-hybridized carbons (Fsp3) is 0.393. The zero-order chi connectivity index (χ0) is 25.1. The maximum absolute atomic E-state index is 13.7. The van der Waals surface area contributed by atoms with Crippen molar-refractivity contribution >= 4 is 40.1 Å². The summed E-state index contributed by atoms with van der Waals surface area (Å²) in [6.45, 7) is 2.71. The first kappa shape index (κ1) is 24.4. The van der Waals surface area contributed by atoms with Crippen molar-refractivity contribution in [1.82, 2.24) is 4.90 Å². The van der Waals surface area contributed by atoms with Crippen molar-refractivity contribution in [2.24, 2.45) is 10.9 Å². The molecule has 1 aliphatic carbocycles. The number of para-hydroxylation sites is 2. The van der Waals surface area contributed by atoms with E-state index in [1.165, 1.54) is 0 Å². The van der Waals surface area contributed by atoms with Crippen molar-refractivity contribution in [3.8, 4) is 5.75 Å². The summed E-state index contributed by atoms with van der Waals surface area (Å²) in [7, 11) is 1.59. The molecule has 2 aliphatic heterocycles. The van der Waals surface area contributed by atoms with E-state index in [-0.39, 0.29) is 23.8 Å². The van der Waals surface area contributed by atoms with Crippen molar-refractivity contribution in [2.75, 3.05) is 30.0 Å². The first-order valence-electron chi connectivity index (χ1n) is 12.6. The zero-order valence-corrected chi connectivity index (χ0v) is 21.6. The number of carbonyl (C=O) groups excluding carboxylic acids is 2. The quantitative estimate of drug-likeness (QED) is 0.536. The van der Waals surface area contributed by atoms with Gasteiger partial charge in [-0.25, -0.2) is 4.99 Å². The van der Waals surface area contributed by atoms with Crippen LogP contribution in [-0.2, 0) is 9.59 Å². The molecular formula is C28H32N4O3S. The van der Waals surface area contributed by atoms with Crippen molar-refractivity contribution in [3.63, 3.8) is 0 Å². The van der Waals surface area contributed by atoms with Gasteiger partial charge < -0.3 is 20.3 Å². The summed E-state index contributed by atoms with van der Waals surface area (Å²) in [5, 5.41) is 7.11. The summed E-state index contributed by atoms with van der Waals surface area (Å²) in [5.74, 6) is 1.58. The Morgan fingerprint density at radius 3 is 2.67 bits per heavy atom. The Balaban J connectivity index is 1.48. The number of amides is 2. The topological polar surface area (TPSA) is 83.0 Å². The maximum Gasteiger partial charge on any atom is 0.255 e. The molecule has 2 N–H and O–H groups in total. The molecule has 5 rings (SSSR count). The summed E-state index contributed by atoms with van der Waals surface area (Å²) in [5.41, 5.74) is 3.64. The minimum Gasteiger partial charge on any atom is -0.495 e. The SMILES string of the molecule is COc1ccccc1NC(=O)C1=C(C)N=C2SCCCN2C1c1cccc(NC(=O)C2CCCC2)c1. The fourth-order valence-corrected chi connectivity index (χ4v) is 6.28. The smallest absolute Gasteiger partial charge is 0.255 e. The van der Waals surface area contributed by atoms with E-state index < -0.39 is 0 Å². The summed E-state index contributed by atoms with van der Waals surface area (Å²) >= 11 is 1.73. The second-order valence-corrected chi connectivity index (χ2v) is 10.5. The maximum atomic E-state index is 13.7. The van der Waals surface area contributed by atoms with Crippen molar-refractivity contribution < 1.29 is 14.3 Å². The van der Waals surface area contributed by atoms with Crippen molar-refractivity contribution in [2.45, 2.75) is 45.1 Å². The molecule has 0 bridgehead atoms. The third kappa shape index (κ3) is 5.00. The fourth-order valence-electron chi connectivity index (χ4n) is 5.26. The number of allylic oxidation sites excluding steroid dienone is 1. The number of methoxy groups -OCH3 is 1. The third-order valence-electron chi connectivity index (χ3n) is 7.05. The van der Waals surface area contributed by atoms with E-state index >= 15 is 0 Å². The van der Waals surface area contributed by atoms with Gasteiger partial charge in [0.2, 0.25) is 5.91 Å². The van der Waals surface area contributed by atoms with Crippen LogP contribution in [0.1, 0.15) is 50.6 Å². The molecule has 2 aromatic rings. The Morgan fingerprint density at radius 1 is 1.06 bits per heavy atom. The van der Waals surface area contributed by atoms with Crippen LogP contribution in [0.4, 0.5) is 11.4 Å². The summed E-state index contributed by atoms with van der Waals surface area (Å²) in [4.78, 5) is 33.6. The van der Waals surface area contributed by atoms with E-state index in [1.54, 1.807) is 18.9 Å². The van der Waals surface area contributed by atoms with Crippen LogP contribution >= 0.6 is 11.8 Å². The first-order valence-corrected chi connectivity index (χ1v) is 13.6. The normalized spacial score (nSPS) is 20.0. The van der Waals surface area contributed by atoms with Crippen LogP contribution in [0.15, 0.2) is 64.8 Å². The standard InChI is InChI=1S/C28H32N4O3S/c1-18-24(27(34)31-22-13-5-6-14-23(22)35-2)25(32-15-8-16-36-28(32)29-18)20-11-7-12-21(17-20)30-26(33)19-9-3-4-10-19/h5-7,11-14,17,19,25H,3-4,8-10,15-16H2,1-2H3,(H,30,33)(H,31,34). The lowest BCUT2D eigenvalue weighted by molar-refractivity contribution is -0.119. The lowest BCUT2D eigenvalue weighted by Gasteiger charge is -2.41. The number of fused-ring (bicyclic) bond motifs is 1. The van der Waals surface area contributed by atoms with E-state index in [0.29, 0.717) is 22.7 Å². The molecule has 2 amide bonds. The number of nitrogens with zero attached hydrogens (tertiary/aromatic N) is 2. The second kappa shape index (κ2) is 10.8. The molecule has 0 spiro atoms. The molecule has 7 nitrogen and oxygen atoms in total. The highest BCUT2D eigenvalue weighted by Gasteiger charge is 2.37. The van der Waals surface area contributed by atoms with Crippen LogP contribution in [-0.4, -0.2) is 41.3 Å². The Kier molecular flexibility index (Phi) is 7.32. The number of carbonyl (C=O) groups is 2. The molecule has 1 saturated heterocycles.